The molecule has 3 rings (SSSR count). The maximum absolute atomic E-state index is 6.57. The Hall–Kier alpha value is -1.18. The van der Waals surface area contributed by atoms with Crippen LogP contribution in [0.3, 0.4) is 0 Å². The highest BCUT2D eigenvalue weighted by Gasteiger charge is 2.30. The molecule has 3 heteroatoms. The molecule has 2 aromatic rings. The van der Waals surface area contributed by atoms with E-state index in [1.807, 2.05) is 36.4 Å². The van der Waals surface area contributed by atoms with E-state index in [9.17, 15) is 0 Å². The fraction of sp³-hybridized carbons (Fsp3) is 0.294. The van der Waals surface area contributed by atoms with Crippen LogP contribution >= 0.6 is 23.2 Å². The van der Waals surface area contributed by atoms with E-state index in [-0.39, 0.29) is 11.0 Å². The van der Waals surface area contributed by atoms with Gasteiger partial charge >= 0.3 is 0 Å². The highest BCUT2D eigenvalue weighted by atomic mass is 35.5. The van der Waals surface area contributed by atoms with Crippen LogP contribution in [-0.4, -0.2) is 5.60 Å². The number of hydrogen-bond acceptors (Lipinski definition) is 1. The SMILES string of the molecule is CC1(C)Cc2cc(C(Cl)c3ccc(Cl)cc3)ccc2O1. The van der Waals surface area contributed by atoms with Crippen molar-refractivity contribution in [2.75, 3.05) is 0 Å². The Kier molecular flexibility index (Phi) is 3.43. The number of fused-ring (bicyclic) bond motifs is 1. The van der Waals surface area contributed by atoms with Crippen LogP contribution in [0.2, 0.25) is 5.02 Å². The molecule has 0 radical (unpaired) electrons. The van der Waals surface area contributed by atoms with Gasteiger partial charge in [-0.05, 0) is 48.7 Å². The molecule has 20 heavy (non-hydrogen) atoms. The predicted molar refractivity (Wildman–Crippen MR) is 84.0 cm³/mol. The van der Waals surface area contributed by atoms with Crippen LogP contribution in [-0.2, 0) is 6.42 Å². The average molecular weight is 307 g/mol. The van der Waals surface area contributed by atoms with Gasteiger partial charge in [0.25, 0.3) is 0 Å². The molecule has 1 aliphatic rings. The molecule has 0 saturated carbocycles. The minimum Gasteiger partial charge on any atom is -0.487 e. The summed E-state index contributed by atoms with van der Waals surface area (Å²) in [5.74, 6) is 0.971. The third kappa shape index (κ3) is 2.65. The zero-order valence-corrected chi connectivity index (χ0v) is 13.0. The van der Waals surface area contributed by atoms with Crippen LogP contribution in [0.4, 0.5) is 0 Å². The summed E-state index contributed by atoms with van der Waals surface area (Å²) in [6, 6.07) is 13.9. The zero-order valence-electron chi connectivity index (χ0n) is 11.5. The second-order valence-electron chi connectivity index (χ2n) is 5.82. The van der Waals surface area contributed by atoms with Crippen LogP contribution in [0.5, 0.6) is 5.75 Å². The highest BCUT2D eigenvalue weighted by molar-refractivity contribution is 6.30. The molecule has 0 bridgehead atoms. The largest absolute Gasteiger partial charge is 0.487 e. The number of rotatable bonds is 2. The van der Waals surface area contributed by atoms with Crippen molar-refractivity contribution >= 4 is 23.2 Å². The molecule has 1 unspecified atom stereocenters. The van der Waals surface area contributed by atoms with Gasteiger partial charge in [0.15, 0.2) is 0 Å². The van der Waals surface area contributed by atoms with Gasteiger partial charge < -0.3 is 4.74 Å². The lowest BCUT2D eigenvalue weighted by Gasteiger charge is -2.16. The Bertz CT molecular complexity index is 632. The standard InChI is InChI=1S/C17H16Cl2O/c1-17(2)10-13-9-12(5-8-15(13)20-17)16(19)11-3-6-14(18)7-4-11/h3-9,16H,10H2,1-2H3. The molecule has 1 atom stereocenters. The van der Waals surface area contributed by atoms with Gasteiger partial charge in [-0.3, -0.25) is 0 Å². The summed E-state index contributed by atoms with van der Waals surface area (Å²) in [6.07, 6.45) is 0.917. The van der Waals surface area contributed by atoms with E-state index in [0.717, 1.165) is 28.3 Å². The average Bonchev–Trinajstić information content (AvgIpc) is 2.71. The minimum atomic E-state index is -0.165. The minimum absolute atomic E-state index is 0.122. The van der Waals surface area contributed by atoms with Gasteiger partial charge in [-0.1, -0.05) is 35.9 Å². The van der Waals surface area contributed by atoms with Crippen molar-refractivity contribution in [3.8, 4) is 5.75 Å². The first kappa shape index (κ1) is 13.8. The number of ether oxygens (including phenoxy) is 1. The van der Waals surface area contributed by atoms with Crippen LogP contribution < -0.4 is 4.74 Å². The second-order valence-corrected chi connectivity index (χ2v) is 6.69. The molecular weight excluding hydrogens is 291 g/mol. The molecule has 1 nitrogen and oxygen atoms in total. The number of halogens is 2. The first-order valence-electron chi connectivity index (χ1n) is 6.66. The fourth-order valence-electron chi connectivity index (χ4n) is 2.61. The Morgan fingerprint density at radius 2 is 1.70 bits per heavy atom. The second kappa shape index (κ2) is 4.98. The fourth-order valence-corrected chi connectivity index (χ4v) is 3.02. The van der Waals surface area contributed by atoms with Gasteiger partial charge in [0.2, 0.25) is 0 Å². The lowest BCUT2D eigenvalue weighted by molar-refractivity contribution is 0.138. The van der Waals surface area contributed by atoms with Crippen LogP contribution in [0, 0.1) is 0 Å². The summed E-state index contributed by atoms with van der Waals surface area (Å²) in [5, 5.41) is 0.558. The van der Waals surface area contributed by atoms with E-state index in [2.05, 4.69) is 19.9 Å². The molecule has 0 spiro atoms. The first-order chi connectivity index (χ1) is 9.44. The Morgan fingerprint density at radius 1 is 1.05 bits per heavy atom. The molecule has 1 heterocycles. The zero-order chi connectivity index (χ0) is 14.3. The van der Waals surface area contributed by atoms with Gasteiger partial charge in [-0.15, -0.1) is 11.6 Å². The van der Waals surface area contributed by atoms with Gasteiger partial charge in [-0.25, -0.2) is 0 Å². The number of hydrogen-bond donors (Lipinski definition) is 0. The quantitative estimate of drug-likeness (QED) is 0.677. The van der Waals surface area contributed by atoms with Crippen LogP contribution in [0.1, 0.15) is 35.9 Å². The van der Waals surface area contributed by atoms with Crippen molar-refractivity contribution in [3.63, 3.8) is 0 Å². The van der Waals surface area contributed by atoms with Crippen molar-refractivity contribution in [1.82, 2.24) is 0 Å². The first-order valence-corrected chi connectivity index (χ1v) is 7.47. The Labute approximate surface area is 129 Å². The summed E-state index contributed by atoms with van der Waals surface area (Å²) in [6.45, 7) is 4.20. The number of benzene rings is 2. The monoisotopic (exact) mass is 306 g/mol. The van der Waals surface area contributed by atoms with E-state index in [1.165, 1.54) is 5.56 Å². The van der Waals surface area contributed by atoms with E-state index in [0.29, 0.717) is 0 Å². The molecule has 0 amide bonds. The Balaban J connectivity index is 1.90. The van der Waals surface area contributed by atoms with Gasteiger partial charge in [0.1, 0.15) is 11.4 Å². The summed E-state index contributed by atoms with van der Waals surface area (Å²) in [4.78, 5) is 0. The Morgan fingerprint density at radius 3 is 2.40 bits per heavy atom. The lowest BCUT2D eigenvalue weighted by Crippen LogP contribution is -2.24. The van der Waals surface area contributed by atoms with E-state index in [4.69, 9.17) is 27.9 Å². The molecule has 0 fully saturated rings. The van der Waals surface area contributed by atoms with Crippen molar-refractivity contribution in [3.05, 3.63) is 64.2 Å². The molecule has 0 saturated heterocycles. The van der Waals surface area contributed by atoms with Crippen molar-refractivity contribution < 1.29 is 4.74 Å². The van der Waals surface area contributed by atoms with Crippen molar-refractivity contribution in [2.24, 2.45) is 0 Å². The maximum atomic E-state index is 6.57. The van der Waals surface area contributed by atoms with Gasteiger partial charge in [0, 0.05) is 11.4 Å². The van der Waals surface area contributed by atoms with E-state index >= 15 is 0 Å². The summed E-state index contributed by atoms with van der Waals surface area (Å²) < 4.78 is 5.89. The molecule has 104 valence electrons. The molecule has 1 aliphatic heterocycles. The van der Waals surface area contributed by atoms with E-state index < -0.39 is 0 Å². The topological polar surface area (TPSA) is 9.23 Å². The number of alkyl halides is 1. The summed E-state index contributed by atoms with van der Waals surface area (Å²) in [5.41, 5.74) is 3.25. The van der Waals surface area contributed by atoms with Crippen molar-refractivity contribution in [1.29, 1.82) is 0 Å². The van der Waals surface area contributed by atoms with Gasteiger partial charge in [0.05, 0.1) is 5.38 Å². The van der Waals surface area contributed by atoms with E-state index in [1.54, 1.807) is 0 Å². The van der Waals surface area contributed by atoms with Crippen molar-refractivity contribution in [2.45, 2.75) is 31.2 Å². The summed E-state index contributed by atoms with van der Waals surface area (Å²) in [7, 11) is 0. The van der Waals surface area contributed by atoms with Crippen LogP contribution in [0.15, 0.2) is 42.5 Å². The molecule has 0 N–H and O–H groups in total. The highest BCUT2D eigenvalue weighted by Crippen LogP contribution is 2.38. The molecule has 0 aliphatic carbocycles. The molecule has 0 aromatic heterocycles. The normalized spacial score (nSPS) is 17.4. The third-order valence-electron chi connectivity index (χ3n) is 3.54. The summed E-state index contributed by atoms with van der Waals surface area (Å²) >= 11 is 12.5. The lowest BCUT2D eigenvalue weighted by atomic mass is 9.97. The third-order valence-corrected chi connectivity index (χ3v) is 4.30. The molecular formula is C17H16Cl2O. The predicted octanol–water partition coefficient (Wildman–Crippen LogP) is 5.38. The van der Waals surface area contributed by atoms with Crippen LogP contribution in [0.25, 0.3) is 0 Å². The molecule has 2 aromatic carbocycles. The smallest absolute Gasteiger partial charge is 0.123 e. The van der Waals surface area contributed by atoms with Gasteiger partial charge in [-0.2, -0.15) is 0 Å². The maximum Gasteiger partial charge on any atom is 0.123 e.